The standard InChI is InChI=1S/C17H28N2O/c1-14(2)18-12-11-17(9-6-10-17)20-16-8-5-7-15(13-16)19(3)4/h5,7-8,13-14,18H,6,9-12H2,1-4H3. The molecule has 1 aromatic rings. The molecule has 0 bridgehead atoms. The molecule has 1 aliphatic carbocycles. The van der Waals surface area contributed by atoms with Gasteiger partial charge in [0.2, 0.25) is 0 Å². The van der Waals surface area contributed by atoms with E-state index >= 15 is 0 Å². The van der Waals surface area contributed by atoms with E-state index in [4.69, 9.17) is 4.74 Å². The Balaban J connectivity index is 1.97. The summed E-state index contributed by atoms with van der Waals surface area (Å²) in [5.41, 5.74) is 1.25. The molecule has 1 N–H and O–H groups in total. The van der Waals surface area contributed by atoms with Crippen molar-refractivity contribution < 1.29 is 4.74 Å². The maximum Gasteiger partial charge on any atom is 0.122 e. The zero-order valence-corrected chi connectivity index (χ0v) is 13.3. The number of hydrogen-bond donors (Lipinski definition) is 1. The normalized spacial score (nSPS) is 16.9. The maximum absolute atomic E-state index is 6.34. The summed E-state index contributed by atoms with van der Waals surface area (Å²) in [4.78, 5) is 2.11. The number of nitrogens with zero attached hydrogens (tertiary/aromatic N) is 1. The molecule has 1 aromatic carbocycles. The average Bonchev–Trinajstić information content (AvgIpc) is 2.35. The summed E-state index contributed by atoms with van der Waals surface area (Å²) >= 11 is 0. The van der Waals surface area contributed by atoms with Crippen LogP contribution < -0.4 is 15.0 Å². The third-order valence-corrected chi connectivity index (χ3v) is 4.07. The van der Waals surface area contributed by atoms with E-state index in [1.165, 1.54) is 24.9 Å². The van der Waals surface area contributed by atoms with Crippen molar-refractivity contribution in [3.63, 3.8) is 0 Å². The minimum Gasteiger partial charge on any atom is -0.487 e. The summed E-state index contributed by atoms with van der Waals surface area (Å²) in [7, 11) is 4.12. The molecule has 1 fully saturated rings. The molecule has 20 heavy (non-hydrogen) atoms. The van der Waals surface area contributed by atoms with Crippen LogP contribution in [0.25, 0.3) is 0 Å². The number of nitrogens with one attached hydrogen (secondary N) is 1. The quantitative estimate of drug-likeness (QED) is 0.825. The lowest BCUT2D eigenvalue weighted by atomic mass is 9.77. The van der Waals surface area contributed by atoms with Crippen molar-refractivity contribution in [1.29, 1.82) is 0 Å². The highest BCUT2D eigenvalue weighted by Crippen LogP contribution is 2.39. The van der Waals surface area contributed by atoms with Gasteiger partial charge >= 0.3 is 0 Å². The molecule has 0 aromatic heterocycles. The van der Waals surface area contributed by atoms with E-state index in [-0.39, 0.29) is 5.60 Å². The van der Waals surface area contributed by atoms with Gasteiger partial charge in [-0.3, -0.25) is 0 Å². The van der Waals surface area contributed by atoms with Crippen molar-refractivity contribution in [3.05, 3.63) is 24.3 Å². The summed E-state index contributed by atoms with van der Waals surface area (Å²) in [6.45, 7) is 5.41. The van der Waals surface area contributed by atoms with E-state index in [0.717, 1.165) is 18.7 Å². The number of hydrogen-bond acceptors (Lipinski definition) is 3. The summed E-state index contributed by atoms with van der Waals surface area (Å²) in [6.07, 6.45) is 4.74. The molecule has 0 amide bonds. The second kappa shape index (κ2) is 6.49. The molecule has 1 saturated carbocycles. The van der Waals surface area contributed by atoms with Gasteiger partial charge in [0.25, 0.3) is 0 Å². The fraction of sp³-hybridized carbons (Fsp3) is 0.647. The highest BCUT2D eigenvalue weighted by molar-refractivity contribution is 5.49. The molecule has 3 nitrogen and oxygen atoms in total. The fourth-order valence-electron chi connectivity index (χ4n) is 2.64. The van der Waals surface area contributed by atoms with E-state index in [1.807, 2.05) is 0 Å². The third kappa shape index (κ3) is 3.89. The number of benzene rings is 1. The Morgan fingerprint density at radius 3 is 2.60 bits per heavy atom. The summed E-state index contributed by atoms with van der Waals surface area (Å²) in [5, 5.41) is 3.50. The molecule has 0 heterocycles. The lowest BCUT2D eigenvalue weighted by Crippen LogP contribution is -2.46. The second-order valence-electron chi connectivity index (χ2n) is 6.39. The smallest absolute Gasteiger partial charge is 0.122 e. The van der Waals surface area contributed by atoms with Gasteiger partial charge in [0, 0.05) is 31.9 Å². The van der Waals surface area contributed by atoms with E-state index in [0.29, 0.717) is 6.04 Å². The molecule has 0 spiro atoms. The molecular formula is C17H28N2O. The molecule has 112 valence electrons. The highest BCUT2D eigenvalue weighted by atomic mass is 16.5. The molecule has 0 atom stereocenters. The first-order chi connectivity index (χ1) is 9.51. The van der Waals surface area contributed by atoms with Gasteiger partial charge in [0.05, 0.1) is 0 Å². The Labute approximate surface area is 123 Å². The van der Waals surface area contributed by atoms with Gasteiger partial charge in [-0.2, -0.15) is 0 Å². The van der Waals surface area contributed by atoms with Crippen LogP contribution in [0.4, 0.5) is 5.69 Å². The summed E-state index contributed by atoms with van der Waals surface area (Å²) in [5.74, 6) is 1.00. The number of ether oxygens (including phenoxy) is 1. The van der Waals surface area contributed by atoms with Crippen LogP contribution in [0, 0.1) is 0 Å². The van der Waals surface area contributed by atoms with Crippen molar-refractivity contribution >= 4 is 5.69 Å². The Morgan fingerprint density at radius 2 is 2.05 bits per heavy atom. The van der Waals surface area contributed by atoms with Gasteiger partial charge in [-0.25, -0.2) is 0 Å². The predicted molar refractivity (Wildman–Crippen MR) is 85.7 cm³/mol. The van der Waals surface area contributed by atoms with Crippen LogP contribution in [0.3, 0.4) is 0 Å². The molecule has 2 rings (SSSR count). The second-order valence-corrected chi connectivity index (χ2v) is 6.39. The van der Waals surface area contributed by atoms with Gasteiger partial charge < -0.3 is 15.0 Å². The van der Waals surface area contributed by atoms with E-state index in [1.54, 1.807) is 0 Å². The van der Waals surface area contributed by atoms with Crippen LogP contribution in [-0.2, 0) is 0 Å². The van der Waals surface area contributed by atoms with Crippen LogP contribution in [-0.4, -0.2) is 32.3 Å². The summed E-state index contributed by atoms with van der Waals surface area (Å²) in [6, 6.07) is 8.94. The first-order valence-electron chi connectivity index (χ1n) is 7.71. The Hall–Kier alpha value is -1.22. The van der Waals surface area contributed by atoms with E-state index < -0.39 is 0 Å². The predicted octanol–water partition coefficient (Wildman–Crippen LogP) is 3.44. The van der Waals surface area contributed by atoms with Crippen molar-refractivity contribution in [1.82, 2.24) is 5.32 Å². The largest absolute Gasteiger partial charge is 0.487 e. The molecule has 0 radical (unpaired) electrons. The average molecular weight is 276 g/mol. The number of anilines is 1. The zero-order valence-electron chi connectivity index (χ0n) is 13.3. The number of rotatable bonds is 7. The molecular weight excluding hydrogens is 248 g/mol. The summed E-state index contributed by atoms with van der Waals surface area (Å²) < 4.78 is 6.34. The first-order valence-corrected chi connectivity index (χ1v) is 7.71. The molecule has 0 unspecified atom stereocenters. The van der Waals surface area contributed by atoms with Crippen LogP contribution in [0.1, 0.15) is 39.5 Å². The monoisotopic (exact) mass is 276 g/mol. The van der Waals surface area contributed by atoms with Crippen molar-refractivity contribution in [2.24, 2.45) is 0 Å². The van der Waals surface area contributed by atoms with Crippen molar-refractivity contribution in [2.45, 2.75) is 51.2 Å². The topological polar surface area (TPSA) is 24.5 Å². The highest BCUT2D eigenvalue weighted by Gasteiger charge is 2.38. The van der Waals surface area contributed by atoms with Crippen LogP contribution in [0.2, 0.25) is 0 Å². The SMILES string of the molecule is CC(C)NCCC1(Oc2cccc(N(C)C)c2)CCC1. The molecule has 3 heteroatoms. The van der Waals surface area contributed by atoms with Gasteiger partial charge in [0.15, 0.2) is 0 Å². The van der Waals surface area contributed by atoms with Crippen molar-refractivity contribution in [3.8, 4) is 5.75 Å². The molecule has 0 aliphatic heterocycles. The van der Waals surface area contributed by atoms with Gasteiger partial charge in [-0.15, -0.1) is 0 Å². The first kappa shape index (κ1) is 15.2. The van der Waals surface area contributed by atoms with E-state index in [9.17, 15) is 0 Å². The van der Waals surface area contributed by atoms with Crippen LogP contribution >= 0.6 is 0 Å². The fourth-order valence-corrected chi connectivity index (χ4v) is 2.64. The lowest BCUT2D eigenvalue weighted by Gasteiger charge is -2.42. The lowest BCUT2D eigenvalue weighted by molar-refractivity contribution is -0.0145. The minimum atomic E-state index is 0.0623. The van der Waals surface area contributed by atoms with Crippen LogP contribution in [0.5, 0.6) is 5.75 Å². The Bertz CT molecular complexity index is 425. The Kier molecular flexibility index (Phi) is 4.92. The maximum atomic E-state index is 6.34. The van der Waals surface area contributed by atoms with Gasteiger partial charge in [-0.05, 0) is 44.4 Å². The van der Waals surface area contributed by atoms with Crippen LogP contribution in [0.15, 0.2) is 24.3 Å². The van der Waals surface area contributed by atoms with E-state index in [2.05, 4.69) is 62.4 Å². The minimum absolute atomic E-state index is 0.0623. The van der Waals surface area contributed by atoms with Gasteiger partial charge in [0.1, 0.15) is 11.4 Å². The molecule has 1 aliphatic rings. The Morgan fingerprint density at radius 1 is 1.30 bits per heavy atom. The van der Waals surface area contributed by atoms with Crippen molar-refractivity contribution in [2.75, 3.05) is 25.5 Å². The van der Waals surface area contributed by atoms with Gasteiger partial charge in [-0.1, -0.05) is 19.9 Å². The third-order valence-electron chi connectivity index (χ3n) is 4.07. The zero-order chi connectivity index (χ0) is 14.6. The molecule has 0 saturated heterocycles.